The number of nitrogens with zero attached hydrogens (tertiary/aromatic N) is 2. The van der Waals surface area contributed by atoms with Gasteiger partial charge in [-0.05, 0) is 18.8 Å². The van der Waals surface area contributed by atoms with Crippen molar-refractivity contribution < 1.29 is 14.1 Å². The molecule has 0 saturated heterocycles. The standard InChI is InChI=1S/C13H19N3O3/c1-9(2)13(18)16(7-10-3-4-10)8-12(17)14-11-5-6-19-15-11/h5-6,9-10H,3-4,7-8H2,1-2H3,(H,14,15,17). The molecule has 0 aliphatic heterocycles. The number of hydrogen-bond donors (Lipinski definition) is 1. The van der Waals surface area contributed by atoms with Crippen LogP contribution in [-0.2, 0) is 9.59 Å². The van der Waals surface area contributed by atoms with Gasteiger partial charge in [-0.1, -0.05) is 19.0 Å². The van der Waals surface area contributed by atoms with Crippen LogP contribution in [0.4, 0.5) is 5.82 Å². The minimum absolute atomic E-state index is 0.0159. The fourth-order valence-electron chi connectivity index (χ4n) is 1.84. The molecule has 2 amide bonds. The van der Waals surface area contributed by atoms with E-state index in [9.17, 15) is 9.59 Å². The first-order chi connectivity index (χ1) is 9.06. The lowest BCUT2D eigenvalue weighted by Crippen LogP contribution is -2.41. The van der Waals surface area contributed by atoms with Crippen molar-refractivity contribution in [1.82, 2.24) is 10.1 Å². The van der Waals surface area contributed by atoms with Crippen molar-refractivity contribution in [2.45, 2.75) is 26.7 Å². The molecule has 0 spiro atoms. The number of anilines is 1. The van der Waals surface area contributed by atoms with Crippen LogP contribution in [0.1, 0.15) is 26.7 Å². The molecule has 0 atom stereocenters. The number of nitrogens with one attached hydrogen (secondary N) is 1. The average Bonchev–Trinajstić information content (AvgIpc) is 3.02. The zero-order valence-electron chi connectivity index (χ0n) is 11.3. The van der Waals surface area contributed by atoms with E-state index >= 15 is 0 Å². The van der Waals surface area contributed by atoms with E-state index in [2.05, 4.69) is 15.0 Å². The lowest BCUT2D eigenvalue weighted by molar-refractivity contribution is -0.137. The molecule has 1 aliphatic rings. The topological polar surface area (TPSA) is 75.4 Å². The molecule has 104 valence electrons. The number of carbonyl (C=O) groups is 2. The first kappa shape index (κ1) is 13.6. The highest BCUT2D eigenvalue weighted by Crippen LogP contribution is 2.30. The molecule has 6 heteroatoms. The molecule has 0 unspecified atom stereocenters. The van der Waals surface area contributed by atoms with Gasteiger partial charge in [-0.3, -0.25) is 9.59 Å². The van der Waals surface area contributed by atoms with Crippen molar-refractivity contribution in [2.75, 3.05) is 18.4 Å². The van der Waals surface area contributed by atoms with E-state index in [1.54, 1.807) is 11.0 Å². The van der Waals surface area contributed by atoms with Gasteiger partial charge in [-0.2, -0.15) is 0 Å². The molecule has 19 heavy (non-hydrogen) atoms. The van der Waals surface area contributed by atoms with Crippen LogP contribution in [-0.4, -0.2) is 35.0 Å². The molecule has 6 nitrogen and oxygen atoms in total. The Bertz CT molecular complexity index is 438. The summed E-state index contributed by atoms with van der Waals surface area (Å²) in [5, 5.41) is 6.21. The maximum absolute atomic E-state index is 12.1. The van der Waals surface area contributed by atoms with E-state index in [-0.39, 0.29) is 24.3 Å². The van der Waals surface area contributed by atoms with E-state index in [1.165, 1.54) is 6.26 Å². The summed E-state index contributed by atoms with van der Waals surface area (Å²) in [6, 6.07) is 1.56. The highest BCUT2D eigenvalue weighted by molar-refractivity contribution is 5.93. The normalized spacial score (nSPS) is 14.5. The monoisotopic (exact) mass is 265 g/mol. The van der Waals surface area contributed by atoms with Crippen molar-refractivity contribution in [2.24, 2.45) is 11.8 Å². The first-order valence-corrected chi connectivity index (χ1v) is 6.55. The number of aromatic nitrogens is 1. The van der Waals surface area contributed by atoms with E-state index in [0.717, 1.165) is 12.8 Å². The van der Waals surface area contributed by atoms with E-state index in [0.29, 0.717) is 18.3 Å². The molecule has 1 saturated carbocycles. The van der Waals surface area contributed by atoms with Crippen molar-refractivity contribution in [3.05, 3.63) is 12.3 Å². The van der Waals surface area contributed by atoms with Gasteiger partial charge in [0.2, 0.25) is 11.8 Å². The predicted octanol–water partition coefficient (Wildman–Crippen LogP) is 1.51. The van der Waals surface area contributed by atoms with Crippen molar-refractivity contribution in [1.29, 1.82) is 0 Å². The molecule has 1 aliphatic carbocycles. The maximum Gasteiger partial charge on any atom is 0.245 e. The lowest BCUT2D eigenvalue weighted by atomic mass is 10.2. The summed E-state index contributed by atoms with van der Waals surface area (Å²) >= 11 is 0. The minimum atomic E-state index is -0.247. The fourth-order valence-corrected chi connectivity index (χ4v) is 1.84. The first-order valence-electron chi connectivity index (χ1n) is 6.55. The highest BCUT2D eigenvalue weighted by atomic mass is 16.5. The number of rotatable bonds is 6. The van der Waals surface area contributed by atoms with Crippen molar-refractivity contribution in [3.63, 3.8) is 0 Å². The molecular formula is C13H19N3O3. The second-order valence-electron chi connectivity index (χ2n) is 5.25. The van der Waals surface area contributed by atoms with Crippen molar-refractivity contribution in [3.8, 4) is 0 Å². The maximum atomic E-state index is 12.1. The van der Waals surface area contributed by atoms with E-state index in [4.69, 9.17) is 0 Å². The Morgan fingerprint density at radius 2 is 2.26 bits per heavy atom. The summed E-state index contributed by atoms with van der Waals surface area (Å²) in [7, 11) is 0. The van der Waals surface area contributed by atoms with Crippen LogP contribution in [0.5, 0.6) is 0 Å². The van der Waals surface area contributed by atoms with Crippen LogP contribution in [0.3, 0.4) is 0 Å². The van der Waals surface area contributed by atoms with Crippen LogP contribution >= 0.6 is 0 Å². The zero-order valence-corrected chi connectivity index (χ0v) is 11.3. The van der Waals surface area contributed by atoms with Gasteiger partial charge in [0.05, 0.1) is 6.54 Å². The van der Waals surface area contributed by atoms with Gasteiger partial charge in [0.15, 0.2) is 5.82 Å². The summed E-state index contributed by atoms with van der Waals surface area (Å²) in [6.45, 7) is 4.43. The van der Waals surface area contributed by atoms with E-state index in [1.807, 2.05) is 13.8 Å². The summed E-state index contributed by atoms with van der Waals surface area (Å²) < 4.78 is 4.64. The van der Waals surface area contributed by atoms with Crippen LogP contribution in [0.2, 0.25) is 0 Å². The summed E-state index contributed by atoms with van der Waals surface area (Å²) in [5.41, 5.74) is 0. The predicted molar refractivity (Wildman–Crippen MR) is 69.3 cm³/mol. The third-order valence-electron chi connectivity index (χ3n) is 3.02. The third-order valence-corrected chi connectivity index (χ3v) is 3.02. The Morgan fingerprint density at radius 3 is 2.79 bits per heavy atom. The number of carbonyl (C=O) groups excluding carboxylic acids is 2. The highest BCUT2D eigenvalue weighted by Gasteiger charge is 2.28. The van der Waals surface area contributed by atoms with Crippen LogP contribution < -0.4 is 5.32 Å². The summed E-state index contributed by atoms with van der Waals surface area (Å²) in [5.74, 6) is 0.597. The molecule has 1 aromatic heterocycles. The Balaban J connectivity index is 1.90. The van der Waals surface area contributed by atoms with Crippen LogP contribution in [0.15, 0.2) is 16.9 Å². The molecule has 0 aromatic carbocycles. The molecular weight excluding hydrogens is 246 g/mol. The second kappa shape index (κ2) is 5.86. The van der Waals surface area contributed by atoms with E-state index < -0.39 is 0 Å². The number of amides is 2. The van der Waals surface area contributed by atoms with Gasteiger partial charge in [-0.25, -0.2) is 0 Å². The molecule has 2 rings (SSSR count). The molecule has 1 heterocycles. The zero-order chi connectivity index (χ0) is 13.8. The average molecular weight is 265 g/mol. The smallest absolute Gasteiger partial charge is 0.245 e. The number of hydrogen-bond acceptors (Lipinski definition) is 4. The Morgan fingerprint density at radius 1 is 1.53 bits per heavy atom. The summed E-state index contributed by atoms with van der Waals surface area (Å²) in [4.78, 5) is 25.6. The molecule has 1 fully saturated rings. The van der Waals surface area contributed by atoms with Crippen LogP contribution in [0.25, 0.3) is 0 Å². The van der Waals surface area contributed by atoms with Gasteiger partial charge < -0.3 is 14.7 Å². The molecule has 0 radical (unpaired) electrons. The Hall–Kier alpha value is -1.85. The third kappa shape index (κ3) is 4.08. The summed E-state index contributed by atoms with van der Waals surface area (Å²) in [6.07, 6.45) is 3.68. The van der Waals surface area contributed by atoms with Gasteiger partial charge in [0.1, 0.15) is 6.26 Å². The molecule has 1 aromatic rings. The van der Waals surface area contributed by atoms with Gasteiger partial charge >= 0.3 is 0 Å². The Labute approximate surface area is 112 Å². The van der Waals surface area contributed by atoms with Gasteiger partial charge in [0, 0.05) is 18.5 Å². The minimum Gasteiger partial charge on any atom is -0.363 e. The molecule has 1 N–H and O–H groups in total. The lowest BCUT2D eigenvalue weighted by Gasteiger charge is -2.23. The quantitative estimate of drug-likeness (QED) is 0.846. The fraction of sp³-hybridized carbons (Fsp3) is 0.615. The Kier molecular flexibility index (Phi) is 4.19. The largest absolute Gasteiger partial charge is 0.363 e. The van der Waals surface area contributed by atoms with Crippen LogP contribution in [0, 0.1) is 11.8 Å². The SMILES string of the molecule is CC(C)C(=O)N(CC(=O)Nc1ccon1)CC1CC1. The molecule has 0 bridgehead atoms. The second-order valence-corrected chi connectivity index (χ2v) is 5.25. The van der Waals surface area contributed by atoms with Crippen molar-refractivity contribution >= 4 is 17.6 Å². The van der Waals surface area contributed by atoms with Gasteiger partial charge in [-0.15, -0.1) is 0 Å². The van der Waals surface area contributed by atoms with Gasteiger partial charge in [0.25, 0.3) is 0 Å².